The molecule has 1 saturated heterocycles. The Hall–Kier alpha value is -1.26. The van der Waals surface area contributed by atoms with Crippen LogP contribution in [-0.2, 0) is 5.41 Å². The van der Waals surface area contributed by atoms with E-state index in [2.05, 4.69) is 45.0 Å². The van der Waals surface area contributed by atoms with E-state index in [9.17, 15) is 4.79 Å². The average molecular weight is 332 g/mol. The number of benzene rings is 1. The van der Waals surface area contributed by atoms with Gasteiger partial charge in [-0.15, -0.1) is 23.1 Å². The fourth-order valence-electron chi connectivity index (χ4n) is 2.64. The van der Waals surface area contributed by atoms with Crippen LogP contribution in [0.3, 0.4) is 0 Å². The summed E-state index contributed by atoms with van der Waals surface area (Å²) in [6.45, 7) is 7.49. The van der Waals surface area contributed by atoms with Gasteiger partial charge in [-0.05, 0) is 28.0 Å². The quantitative estimate of drug-likeness (QED) is 0.777. The van der Waals surface area contributed by atoms with Gasteiger partial charge >= 0.3 is 0 Å². The number of amides is 1. The van der Waals surface area contributed by atoms with Gasteiger partial charge in [0.25, 0.3) is 5.91 Å². The van der Waals surface area contributed by atoms with Crippen LogP contribution in [0, 0.1) is 0 Å². The van der Waals surface area contributed by atoms with Crippen molar-refractivity contribution in [2.75, 3.05) is 12.3 Å². The number of thiophene rings is 1. The molecule has 0 unspecified atom stereocenters. The third-order valence-corrected chi connectivity index (χ3v) is 6.06. The Balaban J connectivity index is 1.83. The largest absolute Gasteiger partial charge is 0.321 e. The van der Waals surface area contributed by atoms with Crippen LogP contribution in [-0.4, -0.2) is 23.1 Å². The van der Waals surface area contributed by atoms with Crippen molar-refractivity contribution in [2.24, 2.45) is 0 Å². The van der Waals surface area contributed by atoms with Gasteiger partial charge in [0.2, 0.25) is 0 Å². The maximum Gasteiger partial charge on any atom is 0.265 e. The molecule has 0 radical (unpaired) electrons. The minimum atomic E-state index is 0.142. The number of rotatable bonds is 2. The minimum Gasteiger partial charge on any atom is -0.321 e. The molecule has 2 aromatic rings. The zero-order chi connectivity index (χ0) is 15.7. The fraction of sp³-hybridized carbons (Fsp3) is 0.389. The molecule has 1 aromatic heterocycles. The van der Waals surface area contributed by atoms with Gasteiger partial charge in [0.15, 0.2) is 0 Å². The smallest absolute Gasteiger partial charge is 0.265 e. The average Bonchev–Trinajstić information content (AvgIpc) is 3.17. The van der Waals surface area contributed by atoms with Gasteiger partial charge in [-0.1, -0.05) is 51.1 Å². The first-order valence-corrected chi connectivity index (χ1v) is 9.46. The van der Waals surface area contributed by atoms with E-state index < -0.39 is 0 Å². The van der Waals surface area contributed by atoms with Crippen LogP contribution in [0.2, 0.25) is 0 Å². The van der Waals surface area contributed by atoms with Crippen LogP contribution in [0.5, 0.6) is 0 Å². The second-order valence-electron chi connectivity index (χ2n) is 6.57. The van der Waals surface area contributed by atoms with Gasteiger partial charge in [0.05, 0.1) is 4.88 Å². The van der Waals surface area contributed by atoms with Gasteiger partial charge in [0.1, 0.15) is 5.37 Å². The first-order valence-electron chi connectivity index (χ1n) is 7.53. The van der Waals surface area contributed by atoms with E-state index in [1.807, 2.05) is 34.2 Å². The van der Waals surface area contributed by atoms with Crippen molar-refractivity contribution in [2.45, 2.75) is 31.6 Å². The van der Waals surface area contributed by atoms with Crippen LogP contribution in [0.15, 0.2) is 41.8 Å². The van der Waals surface area contributed by atoms with Crippen molar-refractivity contribution >= 4 is 29.0 Å². The molecule has 1 aliphatic rings. The molecule has 0 aliphatic carbocycles. The highest BCUT2D eigenvalue weighted by atomic mass is 32.2. The predicted octanol–water partition coefficient (Wildman–Crippen LogP) is 4.93. The topological polar surface area (TPSA) is 20.3 Å². The molecule has 0 bridgehead atoms. The summed E-state index contributed by atoms with van der Waals surface area (Å²) in [5.41, 5.74) is 2.71. The molecular weight excluding hydrogens is 310 g/mol. The second-order valence-corrected chi connectivity index (χ2v) is 8.71. The molecule has 1 aliphatic heterocycles. The molecule has 2 heterocycles. The maximum absolute atomic E-state index is 12.6. The summed E-state index contributed by atoms with van der Waals surface area (Å²) in [6, 6.07) is 12.6. The predicted molar refractivity (Wildman–Crippen MR) is 95.7 cm³/mol. The first-order chi connectivity index (χ1) is 10.5. The lowest BCUT2D eigenvalue weighted by atomic mass is 9.87. The van der Waals surface area contributed by atoms with Gasteiger partial charge in [-0.25, -0.2) is 0 Å². The van der Waals surface area contributed by atoms with Crippen molar-refractivity contribution in [1.29, 1.82) is 0 Å². The SMILES string of the molecule is CC(C)(C)c1ccc([C@H]2SCCN2C(=O)c2cccs2)cc1. The Labute approximate surface area is 140 Å². The number of thioether (sulfide) groups is 1. The molecular formula is C18H21NOS2. The summed E-state index contributed by atoms with van der Waals surface area (Å²) < 4.78 is 0. The Morgan fingerprint density at radius 3 is 2.50 bits per heavy atom. The van der Waals surface area contributed by atoms with Crippen molar-refractivity contribution in [3.05, 3.63) is 57.8 Å². The summed E-state index contributed by atoms with van der Waals surface area (Å²) in [4.78, 5) is 15.5. The van der Waals surface area contributed by atoms with Crippen molar-refractivity contribution in [3.8, 4) is 0 Å². The molecule has 116 valence electrons. The summed E-state index contributed by atoms with van der Waals surface area (Å²) in [6.07, 6.45) is 0. The highest BCUT2D eigenvalue weighted by molar-refractivity contribution is 7.99. The zero-order valence-corrected chi connectivity index (χ0v) is 14.8. The summed E-state index contributed by atoms with van der Waals surface area (Å²) in [7, 11) is 0. The molecule has 0 spiro atoms. The van der Waals surface area contributed by atoms with Crippen molar-refractivity contribution < 1.29 is 4.79 Å². The molecule has 22 heavy (non-hydrogen) atoms. The Morgan fingerprint density at radius 2 is 1.91 bits per heavy atom. The van der Waals surface area contributed by atoms with E-state index in [1.54, 1.807) is 0 Å². The molecule has 3 rings (SSSR count). The van der Waals surface area contributed by atoms with Gasteiger partial charge in [-0.2, -0.15) is 0 Å². The van der Waals surface area contributed by atoms with Crippen LogP contribution in [0.25, 0.3) is 0 Å². The number of carbonyl (C=O) groups excluding carboxylic acids is 1. The Bertz CT molecular complexity index is 641. The van der Waals surface area contributed by atoms with Crippen LogP contribution < -0.4 is 0 Å². The van der Waals surface area contributed by atoms with E-state index in [-0.39, 0.29) is 16.7 Å². The lowest BCUT2D eigenvalue weighted by Gasteiger charge is -2.25. The highest BCUT2D eigenvalue weighted by Crippen LogP contribution is 2.39. The van der Waals surface area contributed by atoms with E-state index in [0.717, 1.165) is 17.2 Å². The third-order valence-electron chi connectivity index (χ3n) is 3.95. The van der Waals surface area contributed by atoms with Crippen molar-refractivity contribution in [3.63, 3.8) is 0 Å². The monoisotopic (exact) mass is 331 g/mol. The molecule has 1 fully saturated rings. The van der Waals surface area contributed by atoms with Gasteiger partial charge in [-0.3, -0.25) is 4.79 Å². The zero-order valence-electron chi connectivity index (χ0n) is 13.2. The standard InChI is InChI=1S/C18H21NOS2/c1-18(2,3)14-8-6-13(7-9-14)17-19(10-12-22-17)16(20)15-5-4-11-21-15/h4-9,11,17H,10,12H2,1-3H3/t17-/m1/s1. The van der Waals surface area contributed by atoms with Crippen LogP contribution >= 0.6 is 23.1 Å². The molecule has 0 saturated carbocycles. The summed E-state index contributed by atoms with van der Waals surface area (Å²) >= 11 is 3.37. The first kappa shape index (κ1) is 15.6. The van der Waals surface area contributed by atoms with Crippen molar-refractivity contribution in [1.82, 2.24) is 4.90 Å². The van der Waals surface area contributed by atoms with Crippen LogP contribution in [0.4, 0.5) is 0 Å². The van der Waals surface area contributed by atoms with Gasteiger partial charge in [0, 0.05) is 12.3 Å². The summed E-state index contributed by atoms with van der Waals surface area (Å²) in [5.74, 6) is 1.16. The third kappa shape index (κ3) is 3.08. The second kappa shape index (κ2) is 6.09. The number of hydrogen-bond donors (Lipinski definition) is 0. The highest BCUT2D eigenvalue weighted by Gasteiger charge is 2.31. The molecule has 1 atom stereocenters. The number of hydrogen-bond acceptors (Lipinski definition) is 3. The van der Waals surface area contributed by atoms with Gasteiger partial charge < -0.3 is 4.90 Å². The summed E-state index contributed by atoms with van der Waals surface area (Å²) in [5, 5.41) is 2.10. The number of carbonyl (C=O) groups is 1. The Kier molecular flexibility index (Phi) is 4.33. The van der Waals surface area contributed by atoms with E-state index in [0.29, 0.717) is 0 Å². The Morgan fingerprint density at radius 1 is 1.18 bits per heavy atom. The van der Waals surface area contributed by atoms with E-state index >= 15 is 0 Å². The molecule has 4 heteroatoms. The van der Waals surface area contributed by atoms with Crippen LogP contribution in [0.1, 0.15) is 46.9 Å². The molecule has 1 amide bonds. The number of nitrogens with zero attached hydrogens (tertiary/aromatic N) is 1. The maximum atomic E-state index is 12.6. The molecule has 0 N–H and O–H groups in total. The van der Waals surface area contributed by atoms with E-state index in [1.165, 1.54) is 22.5 Å². The normalized spacial score (nSPS) is 18.7. The molecule has 2 nitrogen and oxygen atoms in total. The fourth-order valence-corrected chi connectivity index (χ4v) is 4.58. The molecule has 1 aromatic carbocycles. The lowest BCUT2D eigenvalue weighted by Crippen LogP contribution is -2.29. The minimum absolute atomic E-state index is 0.142. The lowest BCUT2D eigenvalue weighted by molar-refractivity contribution is 0.0765. The van der Waals surface area contributed by atoms with E-state index in [4.69, 9.17) is 0 Å².